The van der Waals surface area contributed by atoms with Crippen molar-refractivity contribution in [1.29, 1.82) is 0 Å². The number of allylic oxidation sites excluding steroid dienone is 1. The highest BCUT2D eigenvalue weighted by Gasteiger charge is 2.58. The van der Waals surface area contributed by atoms with Gasteiger partial charge in [0.05, 0.1) is 5.71 Å². The number of carbonyl (C=O) groups excluding carboxylic acids is 1. The summed E-state index contributed by atoms with van der Waals surface area (Å²) in [4.78, 5) is 12.4. The zero-order valence-electron chi connectivity index (χ0n) is 19.3. The van der Waals surface area contributed by atoms with Crippen LogP contribution in [0.4, 0.5) is 0 Å². The van der Waals surface area contributed by atoms with Gasteiger partial charge in [-0.1, -0.05) is 55.3 Å². The Hall–Kier alpha value is -2.30. The molecule has 0 aliphatic heterocycles. The van der Waals surface area contributed by atoms with E-state index in [1.54, 1.807) is 0 Å². The summed E-state index contributed by atoms with van der Waals surface area (Å²) < 4.78 is 11.3. The lowest BCUT2D eigenvalue weighted by atomic mass is 9.47. The third-order valence-corrected chi connectivity index (χ3v) is 9.06. The van der Waals surface area contributed by atoms with E-state index >= 15 is 0 Å². The third kappa shape index (κ3) is 3.64. The number of para-hydroxylation sites is 1. The van der Waals surface area contributed by atoms with Crippen molar-refractivity contribution in [3.63, 3.8) is 0 Å². The quantitative estimate of drug-likeness (QED) is 0.281. The minimum absolute atomic E-state index is 0.00214. The molecule has 0 bridgehead atoms. The van der Waals surface area contributed by atoms with E-state index in [1.807, 2.05) is 30.3 Å². The van der Waals surface area contributed by atoms with E-state index in [1.165, 1.54) is 24.8 Å². The van der Waals surface area contributed by atoms with Crippen LogP contribution in [0.25, 0.3) is 0 Å². The van der Waals surface area contributed by atoms with Gasteiger partial charge in [-0.15, -0.1) is 0 Å². The lowest BCUT2D eigenvalue weighted by molar-refractivity contribution is -0.153. The Labute approximate surface area is 190 Å². The van der Waals surface area contributed by atoms with E-state index in [-0.39, 0.29) is 29.5 Å². The largest absolute Gasteiger partial charge is 0.482 e. The first kappa shape index (κ1) is 21.5. The molecule has 5 heteroatoms. The van der Waals surface area contributed by atoms with Gasteiger partial charge in [-0.25, -0.2) is 4.79 Å². The van der Waals surface area contributed by atoms with Gasteiger partial charge in [0, 0.05) is 12.3 Å². The first-order chi connectivity index (χ1) is 15.4. The highest BCUT2D eigenvalue weighted by molar-refractivity contribution is 5.89. The second-order valence-corrected chi connectivity index (χ2v) is 10.9. The number of ether oxygens (including phenoxy) is 2. The number of benzene rings is 1. The van der Waals surface area contributed by atoms with E-state index < -0.39 is 0 Å². The molecular weight excluding hydrogens is 402 g/mol. The van der Waals surface area contributed by atoms with Crippen molar-refractivity contribution < 1.29 is 19.5 Å². The minimum Gasteiger partial charge on any atom is -0.482 e. The third-order valence-electron chi connectivity index (χ3n) is 9.06. The van der Waals surface area contributed by atoms with Gasteiger partial charge in [-0.3, -0.25) is 0 Å². The molecule has 3 saturated carbocycles. The minimum atomic E-state index is -0.311. The normalized spacial score (nSPS) is 39.4. The second kappa shape index (κ2) is 8.24. The van der Waals surface area contributed by atoms with Gasteiger partial charge in [0.2, 0.25) is 0 Å². The maximum atomic E-state index is 12.4. The smallest absolute Gasteiger partial charge is 0.344 e. The summed E-state index contributed by atoms with van der Waals surface area (Å²) >= 11 is 0. The highest BCUT2D eigenvalue weighted by atomic mass is 16.6. The number of hydrogen-bond acceptors (Lipinski definition) is 5. The van der Waals surface area contributed by atoms with Crippen molar-refractivity contribution in [2.24, 2.45) is 33.7 Å². The average Bonchev–Trinajstić information content (AvgIpc) is 3.19. The molecule has 6 atom stereocenters. The van der Waals surface area contributed by atoms with Crippen molar-refractivity contribution in [2.75, 3.05) is 6.61 Å². The molecule has 3 fully saturated rings. The Balaban J connectivity index is 1.27. The molecule has 4 aliphatic rings. The Morgan fingerprint density at radius 1 is 1.19 bits per heavy atom. The number of rotatable bonds is 4. The van der Waals surface area contributed by atoms with Crippen LogP contribution in [0.3, 0.4) is 0 Å². The van der Waals surface area contributed by atoms with Gasteiger partial charge >= 0.3 is 5.97 Å². The van der Waals surface area contributed by atoms with Crippen molar-refractivity contribution in [2.45, 2.75) is 71.3 Å². The molecule has 0 heterocycles. The van der Waals surface area contributed by atoms with Crippen LogP contribution in [0.1, 0.15) is 65.2 Å². The SMILES string of the molecule is C[C@@]12CCCC1C1CC=C3C[C@@H](OC(=O)COc4ccccc4)CC[C@]3(C)C1C(=NO)C2. The molecule has 0 radical (unpaired) electrons. The molecule has 1 aromatic rings. The summed E-state index contributed by atoms with van der Waals surface area (Å²) in [6.07, 6.45) is 10.7. The first-order valence-electron chi connectivity index (χ1n) is 12.2. The summed E-state index contributed by atoms with van der Waals surface area (Å²) in [6.45, 7) is 4.69. The van der Waals surface area contributed by atoms with Crippen LogP contribution >= 0.6 is 0 Å². The van der Waals surface area contributed by atoms with Gasteiger partial charge in [-0.05, 0) is 73.3 Å². The molecule has 5 nitrogen and oxygen atoms in total. The molecular formula is C27H35NO4. The molecule has 4 aliphatic carbocycles. The topological polar surface area (TPSA) is 68.1 Å². The summed E-state index contributed by atoms with van der Waals surface area (Å²) in [5, 5.41) is 13.9. The molecule has 3 unspecified atom stereocenters. The number of fused-ring (bicyclic) bond motifs is 5. The average molecular weight is 438 g/mol. The Morgan fingerprint density at radius 2 is 2.00 bits per heavy atom. The number of nitrogens with zero attached hydrogens (tertiary/aromatic N) is 1. The molecule has 1 aromatic carbocycles. The van der Waals surface area contributed by atoms with E-state index in [4.69, 9.17) is 9.47 Å². The standard InChI is InChI=1S/C27H35NO4/c1-26-13-6-9-22(26)21-11-10-18-15-20(12-14-27(18,2)25(21)23(16-26)28-30)32-24(29)17-31-19-7-4-3-5-8-19/h3-5,7-8,10,20-22,25,30H,6,9,11-17H2,1-2H3/t20-,21?,22?,25?,26-,27-/m0/s1. The first-order valence-corrected chi connectivity index (χ1v) is 12.2. The molecule has 1 N–H and O–H groups in total. The molecule has 0 saturated heterocycles. The number of hydrogen-bond donors (Lipinski definition) is 1. The fourth-order valence-corrected chi connectivity index (χ4v) is 7.58. The molecule has 0 aromatic heterocycles. The fraction of sp³-hybridized carbons (Fsp3) is 0.630. The van der Waals surface area contributed by atoms with Gasteiger partial charge in [-0.2, -0.15) is 0 Å². The Morgan fingerprint density at radius 3 is 2.78 bits per heavy atom. The maximum Gasteiger partial charge on any atom is 0.344 e. The predicted octanol–water partition coefficient (Wildman–Crippen LogP) is 5.77. The second-order valence-electron chi connectivity index (χ2n) is 10.9. The summed E-state index contributed by atoms with van der Waals surface area (Å²) in [5.41, 5.74) is 2.68. The van der Waals surface area contributed by atoms with Gasteiger partial charge in [0.1, 0.15) is 11.9 Å². The van der Waals surface area contributed by atoms with Crippen LogP contribution in [-0.2, 0) is 9.53 Å². The predicted molar refractivity (Wildman–Crippen MR) is 123 cm³/mol. The summed E-state index contributed by atoms with van der Waals surface area (Å²) in [5.74, 6) is 1.96. The van der Waals surface area contributed by atoms with E-state index in [0.717, 1.165) is 43.7 Å². The highest BCUT2D eigenvalue weighted by Crippen LogP contribution is 2.64. The number of oxime groups is 1. The molecule has 0 spiro atoms. The Kier molecular flexibility index (Phi) is 5.55. The molecule has 5 rings (SSSR count). The van der Waals surface area contributed by atoms with E-state index in [2.05, 4.69) is 25.1 Å². The summed E-state index contributed by atoms with van der Waals surface area (Å²) in [6, 6.07) is 9.35. The van der Waals surface area contributed by atoms with Crippen LogP contribution in [0.2, 0.25) is 0 Å². The Bertz CT molecular complexity index is 925. The lowest BCUT2D eigenvalue weighted by Gasteiger charge is -2.57. The zero-order valence-corrected chi connectivity index (χ0v) is 19.3. The number of carbonyl (C=O) groups is 1. The lowest BCUT2D eigenvalue weighted by Crippen LogP contribution is -2.54. The van der Waals surface area contributed by atoms with Crippen molar-refractivity contribution >= 4 is 11.7 Å². The van der Waals surface area contributed by atoms with Gasteiger partial charge in [0.15, 0.2) is 6.61 Å². The van der Waals surface area contributed by atoms with Crippen LogP contribution in [0.15, 0.2) is 47.1 Å². The van der Waals surface area contributed by atoms with Crippen LogP contribution < -0.4 is 4.74 Å². The van der Waals surface area contributed by atoms with E-state index in [0.29, 0.717) is 17.6 Å². The van der Waals surface area contributed by atoms with Crippen molar-refractivity contribution in [3.8, 4) is 5.75 Å². The molecule has 172 valence electrons. The fourth-order valence-electron chi connectivity index (χ4n) is 7.58. The van der Waals surface area contributed by atoms with Crippen LogP contribution in [0, 0.1) is 28.6 Å². The summed E-state index contributed by atoms with van der Waals surface area (Å²) in [7, 11) is 0. The van der Waals surface area contributed by atoms with Crippen LogP contribution in [-0.4, -0.2) is 29.6 Å². The molecule has 32 heavy (non-hydrogen) atoms. The number of esters is 1. The van der Waals surface area contributed by atoms with Crippen molar-refractivity contribution in [1.82, 2.24) is 0 Å². The zero-order chi connectivity index (χ0) is 22.3. The van der Waals surface area contributed by atoms with Gasteiger partial charge in [0.25, 0.3) is 0 Å². The van der Waals surface area contributed by atoms with Gasteiger partial charge < -0.3 is 14.7 Å². The monoisotopic (exact) mass is 437 g/mol. The van der Waals surface area contributed by atoms with Crippen molar-refractivity contribution in [3.05, 3.63) is 42.0 Å². The van der Waals surface area contributed by atoms with Crippen LogP contribution in [0.5, 0.6) is 5.75 Å². The molecule has 0 amide bonds. The maximum absolute atomic E-state index is 12.4. The van der Waals surface area contributed by atoms with E-state index in [9.17, 15) is 10.0 Å².